The van der Waals surface area contributed by atoms with E-state index in [1.54, 1.807) is 0 Å². The van der Waals surface area contributed by atoms with Gasteiger partial charge >= 0.3 is 18.0 Å². The Morgan fingerprint density at radius 1 is 1.24 bits per heavy atom. The van der Waals surface area contributed by atoms with Crippen LogP contribution in [-0.2, 0) is 19.1 Å². The minimum atomic E-state index is -1.24. The van der Waals surface area contributed by atoms with E-state index in [1.807, 2.05) is 0 Å². The van der Waals surface area contributed by atoms with E-state index in [-0.39, 0.29) is 39.1 Å². The van der Waals surface area contributed by atoms with Crippen molar-refractivity contribution in [3.63, 3.8) is 0 Å². The maximum absolute atomic E-state index is 12.0. The van der Waals surface area contributed by atoms with Crippen molar-refractivity contribution in [1.29, 1.82) is 0 Å². The number of carboxylic acids is 1. The summed E-state index contributed by atoms with van der Waals surface area (Å²) in [4.78, 5) is 35.3. The molecule has 0 spiro atoms. The lowest BCUT2D eigenvalue weighted by atomic mass is 10.2. The molecule has 9 nitrogen and oxygen atoms in total. The highest BCUT2D eigenvalue weighted by molar-refractivity contribution is 5.82. The third-order valence-electron chi connectivity index (χ3n) is 2.68. The number of carbonyl (C=O) groups excluding carboxylic acids is 2. The maximum atomic E-state index is 12.0. The topological polar surface area (TPSA) is 125 Å². The van der Waals surface area contributed by atoms with E-state index < -0.39 is 24.0 Å². The Balaban J connectivity index is 4.60. The predicted octanol–water partition coefficient (Wildman–Crippen LogP) is -0.957. The average Bonchev–Trinajstić information content (AvgIpc) is 2.46. The maximum Gasteiger partial charge on any atom is 0.326 e. The zero-order valence-electron chi connectivity index (χ0n) is 12.2. The van der Waals surface area contributed by atoms with Crippen LogP contribution in [0.15, 0.2) is 0 Å². The number of aliphatic carboxylic acids is 1. The monoisotopic (exact) mass is 306 g/mol. The number of aliphatic hydroxyl groups is 1. The summed E-state index contributed by atoms with van der Waals surface area (Å²) in [6, 6.07) is -1.83. The number of hydrogen-bond acceptors (Lipinski definition) is 6. The molecule has 0 radical (unpaired) electrons. The molecule has 21 heavy (non-hydrogen) atoms. The van der Waals surface area contributed by atoms with Crippen molar-refractivity contribution in [2.24, 2.45) is 0 Å². The molecule has 0 fully saturated rings. The second-order valence-corrected chi connectivity index (χ2v) is 4.16. The SMILES string of the molecule is COCCN(CCC(=O)OC)C(=O)N[C@@H](CCO)C(=O)O. The number of hydrogen-bond donors (Lipinski definition) is 3. The molecule has 0 aliphatic rings. The minimum Gasteiger partial charge on any atom is -0.480 e. The van der Waals surface area contributed by atoms with Crippen LogP contribution in [0, 0.1) is 0 Å². The minimum absolute atomic E-state index is 0.00856. The number of carbonyl (C=O) groups is 3. The standard InChI is InChI=1S/C12H22N2O7/c1-20-8-6-14(5-3-10(16)21-2)12(19)13-9(4-7-15)11(17)18/h9,15H,3-8H2,1-2H3,(H,13,19)(H,17,18)/t9-/m0/s1. The fourth-order valence-electron chi connectivity index (χ4n) is 1.47. The van der Waals surface area contributed by atoms with Gasteiger partial charge in [0.2, 0.25) is 0 Å². The number of aliphatic hydroxyl groups excluding tert-OH is 1. The first-order valence-corrected chi connectivity index (χ1v) is 6.41. The van der Waals surface area contributed by atoms with E-state index in [0.717, 1.165) is 0 Å². The van der Waals surface area contributed by atoms with Crippen molar-refractivity contribution >= 4 is 18.0 Å². The van der Waals surface area contributed by atoms with Gasteiger partial charge in [-0.2, -0.15) is 0 Å². The Morgan fingerprint density at radius 2 is 1.90 bits per heavy atom. The van der Waals surface area contributed by atoms with E-state index in [0.29, 0.717) is 0 Å². The van der Waals surface area contributed by atoms with Crippen molar-refractivity contribution in [2.45, 2.75) is 18.9 Å². The highest BCUT2D eigenvalue weighted by Gasteiger charge is 2.23. The Kier molecular flexibility index (Phi) is 9.90. The molecule has 1 atom stereocenters. The summed E-state index contributed by atoms with van der Waals surface area (Å²) in [5.41, 5.74) is 0. The van der Waals surface area contributed by atoms with Crippen LogP contribution in [0.1, 0.15) is 12.8 Å². The van der Waals surface area contributed by atoms with Crippen molar-refractivity contribution < 1.29 is 34.1 Å². The number of amides is 2. The van der Waals surface area contributed by atoms with Gasteiger partial charge in [-0.05, 0) is 0 Å². The first-order valence-electron chi connectivity index (χ1n) is 6.41. The van der Waals surface area contributed by atoms with Gasteiger partial charge < -0.3 is 29.9 Å². The molecule has 0 aliphatic heterocycles. The van der Waals surface area contributed by atoms with Crippen LogP contribution in [0.3, 0.4) is 0 Å². The number of urea groups is 1. The zero-order valence-corrected chi connectivity index (χ0v) is 12.2. The summed E-state index contributed by atoms with van der Waals surface area (Å²) < 4.78 is 9.35. The van der Waals surface area contributed by atoms with Gasteiger partial charge in [0.1, 0.15) is 6.04 Å². The Hall–Kier alpha value is -1.87. The van der Waals surface area contributed by atoms with Gasteiger partial charge in [-0.25, -0.2) is 9.59 Å². The molecule has 0 saturated carbocycles. The van der Waals surface area contributed by atoms with E-state index in [4.69, 9.17) is 14.9 Å². The summed E-state index contributed by atoms with van der Waals surface area (Å²) in [6.07, 6.45) is -0.110. The van der Waals surface area contributed by atoms with Gasteiger partial charge in [0, 0.05) is 33.2 Å². The fourth-order valence-corrected chi connectivity index (χ4v) is 1.47. The van der Waals surface area contributed by atoms with Crippen LogP contribution in [0.25, 0.3) is 0 Å². The molecule has 0 aromatic carbocycles. The van der Waals surface area contributed by atoms with Crippen molar-refractivity contribution in [3.05, 3.63) is 0 Å². The molecule has 0 aromatic heterocycles. The Morgan fingerprint density at radius 3 is 2.38 bits per heavy atom. The second-order valence-electron chi connectivity index (χ2n) is 4.16. The molecular formula is C12H22N2O7. The molecule has 122 valence electrons. The number of esters is 1. The van der Waals surface area contributed by atoms with Gasteiger partial charge in [0.25, 0.3) is 0 Å². The Bertz CT molecular complexity index is 348. The molecule has 0 bridgehead atoms. The summed E-state index contributed by atoms with van der Waals surface area (Å²) in [5.74, 6) is -1.72. The number of nitrogens with zero attached hydrogens (tertiary/aromatic N) is 1. The predicted molar refractivity (Wildman–Crippen MR) is 71.7 cm³/mol. The van der Waals surface area contributed by atoms with Gasteiger partial charge in [-0.15, -0.1) is 0 Å². The van der Waals surface area contributed by atoms with Crippen LogP contribution in [0.5, 0.6) is 0 Å². The summed E-state index contributed by atoms with van der Waals surface area (Å²) >= 11 is 0. The molecule has 0 aliphatic carbocycles. The van der Waals surface area contributed by atoms with Crippen LogP contribution >= 0.6 is 0 Å². The van der Waals surface area contributed by atoms with Crippen LogP contribution < -0.4 is 5.32 Å². The van der Waals surface area contributed by atoms with Crippen molar-refractivity contribution in [2.75, 3.05) is 40.5 Å². The average molecular weight is 306 g/mol. The smallest absolute Gasteiger partial charge is 0.326 e. The van der Waals surface area contributed by atoms with Gasteiger partial charge in [-0.1, -0.05) is 0 Å². The normalized spacial score (nSPS) is 11.6. The summed E-state index contributed by atoms with van der Waals surface area (Å²) in [6.45, 7) is 0.155. The van der Waals surface area contributed by atoms with Crippen LogP contribution in [0.4, 0.5) is 4.79 Å². The molecular weight excluding hydrogens is 284 g/mol. The Labute approximate surface area is 122 Å². The summed E-state index contributed by atoms with van der Waals surface area (Å²) in [7, 11) is 2.70. The lowest BCUT2D eigenvalue weighted by Gasteiger charge is -2.24. The molecule has 0 unspecified atom stereocenters. The first-order chi connectivity index (χ1) is 9.96. The first kappa shape index (κ1) is 19.1. The molecule has 2 amide bonds. The lowest BCUT2D eigenvalue weighted by molar-refractivity contribution is -0.141. The molecule has 0 heterocycles. The fraction of sp³-hybridized carbons (Fsp3) is 0.750. The van der Waals surface area contributed by atoms with E-state index >= 15 is 0 Å². The largest absolute Gasteiger partial charge is 0.480 e. The van der Waals surface area contributed by atoms with E-state index in [9.17, 15) is 14.4 Å². The third-order valence-corrected chi connectivity index (χ3v) is 2.68. The number of ether oxygens (including phenoxy) is 2. The van der Waals surface area contributed by atoms with Crippen LogP contribution in [-0.4, -0.2) is 79.6 Å². The third kappa shape index (κ3) is 8.10. The van der Waals surface area contributed by atoms with E-state index in [1.165, 1.54) is 19.1 Å². The highest BCUT2D eigenvalue weighted by atomic mass is 16.5. The molecule has 0 aromatic rings. The van der Waals surface area contributed by atoms with Gasteiger partial charge in [0.15, 0.2) is 0 Å². The number of carboxylic acid groups (broad SMARTS) is 1. The highest BCUT2D eigenvalue weighted by Crippen LogP contribution is 1.99. The molecule has 3 N–H and O–H groups in total. The van der Waals surface area contributed by atoms with Crippen LogP contribution in [0.2, 0.25) is 0 Å². The van der Waals surface area contributed by atoms with E-state index in [2.05, 4.69) is 10.1 Å². The molecule has 9 heteroatoms. The van der Waals surface area contributed by atoms with Gasteiger partial charge in [0.05, 0.1) is 20.1 Å². The zero-order chi connectivity index (χ0) is 16.3. The number of rotatable bonds is 10. The number of nitrogens with one attached hydrogen (secondary N) is 1. The van der Waals surface area contributed by atoms with Crippen molar-refractivity contribution in [1.82, 2.24) is 10.2 Å². The molecule has 0 saturated heterocycles. The van der Waals surface area contributed by atoms with Crippen molar-refractivity contribution in [3.8, 4) is 0 Å². The molecule has 0 rings (SSSR count). The lowest BCUT2D eigenvalue weighted by Crippen LogP contribution is -2.49. The second kappa shape index (κ2) is 10.9. The number of methoxy groups -OCH3 is 2. The quantitative estimate of drug-likeness (QED) is 0.444. The summed E-state index contributed by atoms with van der Waals surface area (Å²) in [5, 5.41) is 20.0. The van der Waals surface area contributed by atoms with Gasteiger partial charge in [-0.3, -0.25) is 4.79 Å².